The molecule has 7 nitrogen and oxygen atoms in total. The first-order valence-corrected chi connectivity index (χ1v) is 8.05. The summed E-state index contributed by atoms with van der Waals surface area (Å²) in [6.07, 6.45) is 0. The maximum Gasteiger partial charge on any atom is 0.192 e. The lowest BCUT2D eigenvalue weighted by Gasteiger charge is -2.18. The number of hydrogen-bond acceptors (Lipinski definition) is 4. The van der Waals surface area contributed by atoms with Crippen molar-refractivity contribution >= 4 is 5.96 Å². The minimum Gasteiger partial charge on any atom is -0.383 e. The Bertz CT molecular complexity index is 652. The Morgan fingerprint density at radius 1 is 1.29 bits per heavy atom. The summed E-state index contributed by atoms with van der Waals surface area (Å²) in [4.78, 5) is 4.62. The van der Waals surface area contributed by atoms with Gasteiger partial charge in [-0.15, -0.1) is 10.2 Å². The van der Waals surface area contributed by atoms with Gasteiger partial charge in [-0.2, -0.15) is 0 Å². The van der Waals surface area contributed by atoms with Gasteiger partial charge in [0.05, 0.1) is 12.6 Å². The second-order valence-corrected chi connectivity index (χ2v) is 5.58. The molecule has 1 atom stereocenters. The quantitative estimate of drug-likeness (QED) is 0.458. The summed E-state index contributed by atoms with van der Waals surface area (Å²) in [5.41, 5.74) is 1.20. The van der Waals surface area contributed by atoms with E-state index >= 15 is 0 Å². The van der Waals surface area contributed by atoms with E-state index in [1.807, 2.05) is 36.7 Å². The van der Waals surface area contributed by atoms with Crippen molar-refractivity contribution in [1.82, 2.24) is 25.4 Å². The molecule has 2 N–H and O–H groups in total. The van der Waals surface area contributed by atoms with Crippen LogP contribution in [0.25, 0.3) is 0 Å². The molecule has 2 rings (SSSR count). The predicted molar refractivity (Wildman–Crippen MR) is 94.8 cm³/mol. The van der Waals surface area contributed by atoms with Gasteiger partial charge in [-0.1, -0.05) is 30.3 Å². The third kappa shape index (κ3) is 5.06. The monoisotopic (exact) mass is 330 g/mol. The van der Waals surface area contributed by atoms with Crippen molar-refractivity contribution < 1.29 is 4.74 Å². The summed E-state index contributed by atoms with van der Waals surface area (Å²) in [7, 11) is 3.62. The number of rotatable bonds is 7. The average molecular weight is 330 g/mol. The summed E-state index contributed by atoms with van der Waals surface area (Å²) in [6, 6.07) is 10.4. The zero-order chi connectivity index (χ0) is 17.4. The van der Waals surface area contributed by atoms with Crippen LogP contribution >= 0.6 is 0 Å². The normalized spacial score (nSPS) is 12.9. The van der Waals surface area contributed by atoms with Gasteiger partial charge in [0.15, 0.2) is 11.8 Å². The molecular formula is C17H26N6O. The molecule has 0 bridgehead atoms. The van der Waals surface area contributed by atoms with Gasteiger partial charge in [-0.05, 0) is 19.4 Å². The molecule has 130 valence electrons. The maximum atomic E-state index is 5.10. The molecule has 1 aromatic carbocycles. The molecule has 0 fully saturated rings. The van der Waals surface area contributed by atoms with Crippen LogP contribution in [0.5, 0.6) is 0 Å². The Morgan fingerprint density at radius 3 is 2.67 bits per heavy atom. The number of benzene rings is 1. The van der Waals surface area contributed by atoms with Gasteiger partial charge in [-0.3, -0.25) is 0 Å². The molecule has 24 heavy (non-hydrogen) atoms. The highest BCUT2D eigenvalue weighted by Crippen LogP contribution is 2.10. The minimum absolute atomic E-state index is 0.140. The number of ether oxygens (including phenoxy) is 1. The van der Waals surface area contributed by atoms with E-state index in [4.69, 9.17) is 4.74 Å². The largest absolute Gasteiger partial charge is 0.383 e. The highest BCUT2D eigenvalue weighted by molar-refractivity contribution is 5.80. The number of aliphatic imine (C=N–C) groups is 1. The van der Waals surface area contributed by atoms with Gasteiger partial charge >= 0.3 is 0 Å². The third-order valence-corrected chi connectivity index (χ3v) is 3.81. The lowest BCUT2D eigenvalue weighted by molar-refractivity contribution is 0.203. The van der Waals surface area contributed by atoms with Crippen molar-refractivity contribution in [2.45, 2.75) is 26.4 Å². The lowest BCUT2D eigenvalue weighted by atomic mass is 10.1. The molecule has 1 unspecified atom stereocenters. The van der Waals surface area contributed by atoms with E-state index in [1.165, 1.54) is 5.56 Å². The maximum absolute atomic E-state index is 5.10. The molecule has 0 saturated carbocycles. The molecule has 0 aliphatic heterocycles. The smallest absolute Gasteiger partial charge is 0.192 e. The van der Waals surface area contributed by atoms with Crippen molar-refractivity contribution in [2.75, 3.05) is 20.3 Å². The second kappa shape index (κ2) is 9.02. The van der Waals surface area contributed by atoms with Crippen LogP contribution < -0.4 is 10.6 Å². The summed E-state index contributed by atoms with van der Waals surface area (Å²) in [5, 5.41) is 14.9. The van der Waals surface area contributed by atoms with E-state index in [0.717, 1.165) is 17.6 Å². The molecule has 0 saturated heterocycles. The van der Waals surface area contributed by atoms with Crippen LogP contribution in [0.1, 0.15) is 30.2 Å². The Labute approximate surface area is 143 Å². The Morgan fingerprint density at radius 2 is 2.04 bits per heavy atom. The van der Waals surface area contributed by atoms with E-state index in [2.05, 4.69) is 44.9 Å². The van der Waals surface area contributed by atoms with Crippen LogP contribution in [0, 0.1) is 6.92 Å². The highest BCUT2D eigenvalue weighted by Gasteiger charge is 2.09. The average Bonchev–Trinajstić information content (AvgIpc) is 2.92. The van der Waals surface area contributed by atoms with Crippen LogP contribution in [-0.4, -0.2) is 41.0 Å². The van der Waals surface area contributed by atoms with Crippen molar-refractivity contribution in [3.05, 3.63) is 47.5 Å². The number of hydrogen-bond donors (Lipinski definition) is 2. The number of guanidine groups is 1. The van der Waals surface area contributed by atoms with Gasteiger partial charge < -0.3 is 19.9 Å². The Hall–Kier alpha value is -2.41. The van der Waals surface area contributed by atoms with Crippen molar-refractivity contribution in [2.24, 2.45) is 12.0 Å². The number of nitrogens with zero attached hydrogens (tertiary/aromatic N) is 4. The van der Waals surface area contributed by atoms with Crippen LogP contribution in [0.2, 0.25) is 0 Å². The number of nitrogens with one attached hydrogen (secondary N) is 2. The van der Waals surface area contributed by atoms with E-state index in [1.54, 1.807) is 7.11 Å². The molecular weight excluding hydrogens is 304 g/mol. The standard InChI is InChI=1S/C17H26N6O/c1-13(15-8-6-5-7-9-15)20-17(18-10-11-24-4)19-12-16-22-21-14(2)23(16)3/h5-9,13H,10-12H2,1-4H3,(H2,18,19,20). The molecule has 1 heterocycles. The zero-order valence-corrected chi connectivity index (χ0v) is 14.8. The summed E-state index contributed by atoms with van der Waals surface area (Å²) in [5.74, 6) is 2.43. The van der Waals surface area contributed by atoms with Gasteiger partial charge in [0, 0.05) is 20.7 Å². The van der Waals surface area contributed by atoms with Crippen molar-refractivity contribution in [1.29, 1.82) is 0 Å². The Balaban J connectivity index is 2.05. The Kier molecular flexibility index (Phi) is 6.74. The van der Waals surface area contributed by atoms with E-state index in [-0.39, 0.29) is 6.04 Å². The van der Waals surface area contributed by atoms with Gasteiger partial charge in [0.25, 0.3) is 0 Å². The topological polar surface area (TPSA) is 76.4 Å². The first kappa shape index (κ1) is 17.9. The predicted octanol–water partition coefficient (Wildman–Crippen LogP) is 1.57. The summed E-state index contributed by atoms with van der Waals surface area (Å²) < 4.78 is 7.04. The lowest BCUT2D eigenvalue weighted by Crippen LogP contribution is -2.40. The number of aromatic nitrogens is 3. The number of aryl methyl sites for hydroxylation is 1. The van der Waals surface area contributed by atoms with Crippen LogP contribution in [-0.2, 0) is 18.3 Å². The molecule has 0 radical (unpaired) electrons. The van der Waals surface area contributed by atoms with E-state index in [9.17, 15) is 0 Å². The number of methoxy groups -OCH3 is 1. The molecule has 1 aromatic heterocycles. The summed E-state index contributed by atoms with van der Waals surface area (Å²) in [6.45, 7) is 5.79. The van der Waals surface area contributed by atoms with E-state index < -0.39 is 0 Å². The fourth-order valence-corrected chi connectivity index (χ4v) is 2.19. The van der Waals surface area contributed by atoms with Crippen LogP contribution in [0.3, 0.4) is 0 Å². The van der Waals surface area contributed by atoms with Crippen LogP contribution in [0.4, 0.5) is 0 Å². The SMILES string of the molecule is COCCNC(=NCc1nnc(C)n1C)NC(C)c1ccccc1. The third-order valence-electron chi connectivity index (χ3n) is 3.81. The first-order valence-electron chi connectivity index (χ1n) is 8.05. The molecule has 0 aliphatic carbocycles. The van der Waals surface area contributed by atoms with Gasteiger partial charge in [0.1, 0.15) is 12.4 Å². The second-order valence-electron chi connectivity index (χ2n) is 5.58. The molecule has 2 aromatic rings. The van der Waals surface area contributed by atoms with E-state index in [0.29, 0.717) is 19.7 Å². The molecule has 0 amide bonds. The fourth-order valence-electron chi connectivity index (χ4n) is 2.19. The van der Waals surface area contributed by atoms with Crippen LogP contribution in [0.15, 0.2) is 35.3 Å². The van der Waals surface area contributed by atoms with Crippen molar-refractivity contribution in [3.63, 3.8) is 0 Å². The summed E-state index contributed by atoms with van der Waals surface area (Å²) >= 11 is 0. The van der Waals surface area contributed by atoms with Crippen molar-refractivity contribution in [3.8, 4) is 0 Å². The van der Waals surface area contributed by atoms with Gasteiger partial charge in [-0.25, -0.2) is 4.99 Å². The fraction of sp³-hybridized carbons (Fsp3) is 0.471. The zero-order valence-electron chi connectivity index (χ0n) is 14.8. The molecule has 0 spiro atoms. The molecule has 7 heteroatoms. The van der Waals surface area contributed by atoms with Gasteiger partial charge in [0.2, 0.25) is 0 Å². The highest BCUT2D eigenvalue weighted by atomic mass is 16.5. The molecule has 0 aliphatic rings. The first-order chi connectivity index (χ1) is 11.6. The minimum atomic E-state index is 0.140.